The normalized spacial score (nSPS) is 12.4. The number of carbonyl (C=O) groups is 1. The van der Waals surface area contributed by atoms with E-state index in [1.807, 2.05) is 0 Å². The average molecular weight is 460 g/mol. The van der Waals surface area contributed by atoms with Gasteiger partial charge in [0.15, 0.2) is 5.60 Å². The van der Waals surface area contributed by atoms with Crippen LogP contribution in [-0.2, 0) is 26.1 Å². The topological polar surface area (TPSA) is 78.9 Å². The Bertz CT molecular complexity index is 1030. The first-order valence-electron chi connectivity index (χ1n) is 9.41. The van der Waals surface area contributed by atoms with Crippen LogP contribution in [0.2, 0.25) is 0 Å². The summed E-state index contributed by atoms with van der Waals surface area (Å²) in [7, 11) is -5.75. The molecule has 0 N–H and O–H groups in total. The molecule has 0 fully saturated rings. The molecule has 2 aromatic rings. The van der Waals surface area contributed by atoms with Gasteiger partial charge in [0.25, 0.3) is 0 Å². The van der Waals surface area contributed by atoms with Crippen LogP contribution in [-0.4, -0.2) is 32.1 Å². The Morgan fingerprint density at radius 1 is 0.968 bits per heavy atom. The monoisotopic (exact) mass is 460 g/mol. The van der Waals surface area contributed by atoms with Gasteiger partial charge in [-0.3, -0.25) is 0 Å². The number of aryl methyl sites for hydroxylation is 1. The number of ether oxygens (including phenoxy) is 2. The van der Waals surface area contributed by atoms with E-state index in [1.54, 1.807) is 58.0 Å². The largest absolute Gasteiger partial charge is 0.534 e. The molecular formula is C21H23F3O6S. The minimum atomic E-state index is -5.75. The van der Waals surface area contributed by atoms with Gasteiger partial charge < -0.3 is 13.7 Å². The minimum Gasteiger partial charge on any atom is -0.476 e. The van der Waals surface area contributed by atoms with E-state index in [4.69, 9.17) is 9.47 Å². The van der Waals surface area contributed by atoms with Crippen LogP contribution in [0.25, 0.3) is 11.1 Å². The number of carbonyl (C=O) groups excluding carboxylic acids is 1. The first-order chi connectivity index (χ1) is 14.3. The van der Waals surface area contributed by atoms with E-state index in [2.05, 4.69) is 4.18 Å². The van der Waals surface area contributed by atoms with E-state index in [0.29, 0.717) is 22.4 Å². The van der Waals surface area contributed by atoms with E-state index in [0.717, 1.165) is 0 Å². The standard InChI is InChI=1S/C21H23F3O6S/c1-5-14-13-16(9-12-18(14)30-31(26,27)21(22,23)24)15-7-10-17(11-8-15)29-20(3,4)19(25)28-6-2/h7-13H,5-6H2,1-4H3. The van der Waals surface area contributed by atoms with Crippen molar-refractivity contribution < 1.29 is 40.0 Å². The van der Waals surface area contributed by atoms with E-state index in [-0.39, 0.29) is 18.8 Å². The molecule has 0 bridgehead atoms. The van der Waals surface area contributed by atoms with Crippen molar-refractivity contribution in [3.05, 3.63) is 48.0 Å². The highest BCUT2D eigenvalue weighted by molar-refractivity contribution is 7.88. The van der Waals surface area contributed by atoms with Crippen molar-refractivity contribution in [2.45, 2.75) is 45.2 Å². The molecule has 170 valence electrons. The number of hydrogen-bond donors (Lipinski definition) is 0. The smallest absolute Gasteiger partial charge is 0.476 e. The molecule has 0 aliphatic carbocycles. The summed E-state index contributed by atoms with van der Waals surface area (Å²) in [5, 5.41) is 0. The van der Waals surface area contributed by atoms with Gasteiger partial charge in [-0.05, 0) is 68.1 Å². The molecule has 0 saturated heterocycles. The first kappa shape index (κ1) is 24.5. The Kier molecular flexibility index (Phi) is 7.25. The van der Waals surface area contributed by atoms with Gasteiger partial charge in [-0.25, -0.2) is 4.79 Å². The van der Waals surface area contributed by atoms with E-state index in [9.17, 15) is 26.4 Å². The molecule has 0 heterocycles. The molecule has 10 heteroatoms. The van der Waals surface area contributed by atoms with E-state index >= 15 is 0 Å². The van der Waals surface area contributed by atoms with Crippen molar-refractivity contribution in [3.63, 3.8) is 0 Å². The third-order valence-corrected chi connectivity index (χ3v) is 5.22. The summed E-state index contributed by atoms with van der Waals surface area (Å²) < 4.78 is 75.3. The maximum Gasteiger partial charge on any atom is 0.534 e. The Labute approximate surface area is 179 Å². The third-order valence-electron chi connectivity index (χ3n) is 4.25. The predicted octanol–water partition coefficient (Wildman–Crippen LogP) is 4.86. The molecule has 6 nitrogen and oxygen atoms in total. The molecule has 2 aromatic carbocycles. The Balaban J connectivity index is 2.25. The van der Waals surface area contributed by atoms with Gasteiger partial charge in [0, 0.05) is 0 Å². The van der Waals surface area contributed by atoms with E-state index < -0.39 is 27.2 Å². The van der Waals surface area contributed by atoms with Gasteiger partial charge in [-0.2, -0.15) is 21.6 Å². The molecule has 0 aliphatic heterocycles. The fourth-order valence-electron chi connectivity index (χ4n) is 2.64. The lowest BCUT2D eigenvalue weighted by atomic mass is 10.0. The molecule has 0 atom stereocenters. The lowest BCUT2D eigenvalue weighted by molar-refractivity contribution is -0.158. The second kappa shape index (κ2) is 9.17. The Morgan fingerprint density at radius 3 is 2.06 bits per heavy atom. The van der Waals surface area contributed by atoms with Crippen molar-refractivity contribution in [1.82, 2.24) is 0 Å². The Morgan fingerprint density at radius 2 is 1.55 bits per heavy atom. The fraction of sp³-hybridized carbons (Fsp3) is 0.381. The summed E-state index contributed by atoms with van der Waals surface area (Å²) in [4.78, 5) is 11.9. The average Bonchev–Trinajstić information content (AvgIpc) is 2.67. The van der Waals surface area contributed by atoms with Crippen LogP contribution >= 0.6 is 0 Å². The molecule has 0 saturated carbocycles. The van der Waals surface area contributed by atoms with Crippen LogP contribution in [0, 0.1) is 0 Å². The van der Waals surface area contributed by atoms with Gasteiger partial charge in [-0.15, -0.1) is 0 Å². The molecule has 0 unspecified atom stereocenters. The van der Waals surface area contributed by atoms with Crippen LogP contribution in [0.1, 0.15) is 33.3 Å². The minimum absolute atomic E-state index is 0.230. The van der Waals surface area contributed by atoms with Crippen LogP contribution in [0.3, 0.4) is 0 Å². The molecule has 31 heavy (non-hydrogen) atoms. The molecule has 2 rings (SSSR count). The second-order valence-electron chi connectivity index (χ2n) is 7.02. The highest BCUT2D eigenvalue weighted by Gasteiger charge is 2.48. The van der Waals surface area contributed by atoms with Gasteiger partial charge in [0.2, 0.25) is 0 Å². The van der Waals surface area contributed by atoms with E-state index in [1.165, 1.54) is 12.1 Å². The molecule has 0 aliphatic rings. The van der Waals surface area contributed by atoms with Gasteiger partial charge in [0.05, 0.1) is 6.61 Å². The van der Waals surface area contributed by atoms with Crippen molar-refractivity contribution in [2.24, 2.45) is 0 Å². The van der Waals surface area contributed by atoms with Crippen molar-refractivity contribution in [3.8, 4) is 22.6 Å². The SMILES string of the molecule is CCOC(=O)C(C)(C)Oc1ccc(-c2ccc(OS(=O)(=O)C(F)(F)F)c(CC)c2)cc1. The summed E-state index contributed by atoms with van der Waals surface area (Å²) in [5.41, 5.74) is -5.04. The zero-order valence-electron chi connectivity index (χ0n) is 17.4. The zero-order chi connectivity index (χ0) is 23.4. The maximum absolute atomic E-state index is 12.6. The van der Waals surface area contributed by atoms with Crippen LogP contribution in [0.15, 0.2) is 42.5 Å². The van der Waals surface area contributed by atoms with Gasteiger partial charge in [0.1, 0.15) is 11.5 Å². The van der Waals surface area contributed by atoms with Crippen LogP contribution in [0.5, 0.6) is 11.5 Å². The zero-order valence-corrected chi connectivity index (χ0v) is 18.3. The summed E-state index contributed by atoms with van der Waals surface area (Å²) in [6.07, 6.45) is 0.255. The Hall–Kier alpha value is -2.75. The summed E-state index contributed by atoms with van der Waals surface area (Å²) in [6, 6.07) is 10.9. The fourth-order valence-corrected chi connectivity index (χ4v) is 3.13. The molecule has 0 spiro atoms. The highest BCUT2D eigenvalue weighted by Crippen LogP contribution is 2.33. The lowest BCUT2D eigenvalue weighted by Crippen LogP contribution is -2.39. The number of rotatable bonds is 8. The van der Waals surface area contributed by atoms with Crippen molar-refractivity contribution in [2.75, 3.05) is 6.61 Å². The number of benzene rings is 2. The predicted molar refractivity (Wildman–Crippen MR) is 108 cm³/mol. The van der Waals surface area contributed by atoms with Crippen LogP contribution < -0.4 is 8.92 Å². The van der Waals surface area contributed by atoms with Gasteiger partial charge >= 0.3 is 21.6 Å². The number of hydrogen-bond acceptors (Lipinski definition) is 6. The number of alkyl halides is 3. The molecular weight excluding hydrogens is 437 g/mol. The number of esters is 1. The van der Waals surface area contributed by atoms with Gasteiger partial charge in [-0.1, -0.05) is 25.1 Å². The summed E-state index contributed by atoms with van der Waals surface area (Å²) in [6.45, 7) is 6.76. The third kappa shape index (κ3) is 5.90. The lowest BCUT2D eigenvalue weighted by Gasteiger charge is -2.24. The summed E-state index contributed by atoms with van der Waals surface area (Å²) >= 11 is 0. The number of halogens is 3. The molecule has 0 amide bonds. The van der Waals surface area contributed by atoms with Crippen LogP contribution in [0.4, 0.5) is 13.2 Å². The highest BCUT2D eigenvalue weighted by atomic mass is 32.2. The van der Waals surface area contributed by atoms with Crippen molar-refractivity contribution >= 4 is 16.1 Å². The molecule has 0 aromatic heterocycles. The quantitative estimate of drug-likeness (QED) is 0.318. The van der Waals surface area contributed by atoms with Crippen molar-refractivity contribution in [1.29, 1.82) is 0 Å². The summed E-state index contributed by atoms with van der Waals surface area (Å²) in [5.74, 6) is -0.454. The molecule has 0 radical (unpaired) electrons. The second-order valence-corrected chi connectivity index (χ2v) is 8.55. The first-order valence-corrected chi connectivity index (χ1v) is 10.8. The maximum atomic E-state index is 12.6.